The highest BCUT2D eigenvalue weighted by Crippen LogP contribution is 2.28. The number of sulfonamides is 1. The molecule has 0 unspecified atom stereocenters. The lowest BCUT2D eigenvalue weighted by molar-refractivity contribution is 0.0995. The number of nitrogens with zero attached hydrogens (tertiary/aromatic N) is 4. The van der Waals surface area contributed by atoms with Gasteiger partial charge in [-0.05, 0) is 42.8 Å². The van der Waals surface area contributed by atoms with Gasteiger partial charge in [-0.15, -0.1) is 10.2 Å². The monoisotopic (exact) mass is 455 g/mol. The van der Waals surface area contributed by atoms with E-state index in [9.17, 15) is 17.6 Å². The van der Waals surface area contributed by atoms with Crippen molar-refractivity contribution >= 4 is 32.7 Å². The normalized spacial score (nSPS) is 11.6. The predicted octanol–water partition coefficient (Wildman–Crippen LogP) is 1.62. The van der Waals surface area contributed by atoms with Gasteiger partial charge in [0, 0.05) is 17.6 Å². The molecule has 12 heteroatoms. The van der Waals surface area contributed by atoms with E-state index in [0.29, 0.717) is 22.2 Å². The number of carbonyl (C=O) groups is 1. The van der Waals surface area contributed by atoms with Gasteiger partial charge in [-0.3, -0.25) is 9.36 Å². The van der Waals surface area contributed by atoms with E-state index in [0.717, 1.165) is 0 Å². The Bertz CT molecular complexity index is 1470. The Balaban J connectivity index is 1.81. The minimum atomic E-state index is -3.96. The van der Waals surface area contributed by atoms with Gasteiger partial charge in [-0.1, -0.05) is 18.2 Å². The van der Waals surface area contributed by atoms with Crippen molar-refractivity contribution in [1.29, 1.82) is 0 Å². The lowest BCUT2D eigenvalue weighted by Gasteiger charge is -2.12. The van der Waals surface area contributed by atoms with Crippen LogP contribution >= 0.6 is 0 Å². The standard InChI is InChI=1S/C20H18FN7O3S/c1-11-8-14-15(6-3-7-16(14)32(23,30)31)28(11)20-25-19(17(18(22)29)26-27-20)24-10-12-4-2-5-13(21)9-12/h2-9H,10H2,1H3,(H2,22,29)(H2,23,30,31)(H,24,25,27). The molecule has 32 heavy (non-hydrogen) atoms. The summed E-state index contributed by atoms with van der Waals surface area (Å²) < 4.78 is 39.0. The number of aromatic nitrogens is 4. The zero-order valence-electron chi connectivity index (χ0n) is 16.8. The van der Waals surface area contributed by atoms with Gasteiger partial charge in [0.25, 0.3) is 11.9 Å². The molecule has 2 heterocycles. The molecule has 0 aliphatic carbocycles. The van der Waals surface area contributed by atoms with E-state index in [1.165, 1.54) is 18.2 Å². The van der Waals surface area contributed by atoms with Crippen LogP contribution in [0.2, 0.25) is 0 Å². The number of primary sulfonamides is 1. The van der Waals surface area contributed by atoms with E-state index >= 15 is 0 Å². The van der Waals surface area contributed by atoms with Gasteiger partial charge < -0.3 is 11.1 Å². The van der Waals surface area contributed by atoms with Crippen molar-refractivity contribution in [1.82, 2.24) is 19.7 Å². The number of nitrogens with two attached hydrogens (primary N) is 2. The fraction of sp³-hybridized carbons (Fsp3) is 0.100. The molecule has 2 aromatic heterocycles. The predicted molar refractivity (Wildman–Crippen MR) is 115 cm³/mol. The van der Waals surface area contributed by atoms with Crippen molar-refractivity contribution in [3.8, 4) is 5.95 Å². The van der Waals surface area contributed by atoms with Crippen molar-refractivity contribution in [2.24, 2.45) is 10.9 Å². The molecule has 0 saturated heterocycles. The molecule has 4 aromatic rings. The molecule has 0 radical (unpaired) electrons. The number of anilines is 1. The Kier molecular flexibility index (Phi) is 5.32. The molecule has 1 amide bonds. The first-order valence-corrected chi connectivity index (χ1v) is 10.9. The summed E-state index contributed by atoms with van der Waals surface area (Å²) in [6.45, 7) is 1.88. The fourth-order valence-electron chi connectivity index (χ4n) is 3.38. The topological polar surface area (TPSA) is 159 Å². The molecular formula is C20H18FN7O3S. The van der Waals surface area contributed by atoms with E-state index in [-0.39, 0.29) is 28.9 Å². The second-order valence-corrected chi connectivity index (χ2v) is 8.54. The van der Waals surface area contributed by atoms with E-state index in [4.69, 9.17) is 10.9 Å². The van der Waals surface area contributed by atoms with Gasteiger partial charge in [0.1, 0.15) is 5.82 Å². The van der Waals surface area contributed by atoms with Crippen molar-refractivity contribution in [2.45, 2.75) is 18.4 Å². The molecule has 164 valence electrons. The van der Waals surface area contributed by atoms with Crippen LogP contribution in [0.5, 0.6) is 0 Å². The number of amides is 1. The third-order valence-corrected chi connectivity index (χ3v) is 5.72. The molecule has 4 rings (SSSR count). The highest BCUT2D eigenvalue weighted by Gasteiger charge is 2.20. The number of nitrogens with one attached hydrogen (secondary N) is 1. The van der Waals surface area contributed by atoms with Crippen molar-refractivity contribution in [3.63, 3.8) is 0 Å². The third kappa shape index (κ3) is 4.00. The highest BCUT2D eigenvalue weighted by molar-refractivity contribution is 7.89. The number of hydrogen-bond donors (Lipinski definition) is 3. The van der Waals surface area contributed by atoms with Gasteiger partial charge in [0.2, 0.25) is 10.0 Å². The molecule has 0 spiro atoms. The summed E-state index contributed by atoms with van der Waals surface area (Å²) in [5, 5.41) is 16.6. The SMILES string of the molecule is Cc1cc2c(S(N)(=O)=O)cccc2n1-c1nnc(C(N)=O)c(NCc2cccc(F)c2)n1. The largest absolute Gasteiger partial charge is 0.364 e. The maximum atomic E-state index is 13.5. The van der Waals surface area contributed by atoms with Crippen LogP contribution in [0.15, 0.2) is 53.4 Å². The first kappa shape index (κ1) is 21.3. The van der Waals surface area contributed by atoms with Crippen LogP contribution in [0.3, 0.4) is 0 Å². The molecule has 5 N–H and O–H groups in total. The lowest BCUT2D eigenvalue weighted by Crippen LogP contribution is -2.20. The smallest absolute Gasteiger partial charge is 0.273 e. The Hall–Kier alpha value is -3.90. The second kappa shape index (κ2) is 7.98. The summed E-state index contributed by atoms with van der Waals surface area (Å²) in [6, 6.07) is 12.2. The first-order chi connectivity index (χ1) is 15.1. The van der Waals surface area contributed by atoms with Crippen molar-refractivity contribution < 1.29 is 17.6 Å². The summed E-state index contributed by atoms with van der Waals surface area (Å²) in [5.41, 5.74) is 6.91. The number of aryl methyl sites for hydroxylation is 1. The van der Waals surface area contributed by atoms with Crippen LogP contribution in [0.25, 0.3) is 16.9 Å². The van der Waals surface area contributed by atoms with E-state index < -0.39 is 21.7 Å². The number of primary amides is 1. The molecule has 0 atom stereocenters. The molecular weight excluding hydrogens is 437 g/mol. The van der Waals surface area contributed by atoms with Gasteiger partial charge in [0.05, 0.1) is 10.4 Å². The van der Waals surface area contributed by atoms with Crippen LogP contribution in [-0.2, 0) is 16.6 Å². The highest BCUT2D eigenvalue weighted by atomic mass is 32.2. The average molecular weight is 455 g/mol. The van der Waals surface area contributed by atoms with E-state index in [2.05, 4.69) is 20.5 Å². The van der Waals surface area contributed by atoms with Crippen molar-refractivity contribution in [2.75, 3.05) is 5.32 Å². The van der Waals surface area contributed by atoms with Crippen LogP contribution < -0.4 is 16.2 Å². The molecule has 0 fully saturated rings. The van der Waals surface area contributed by atoms with Crippen LogP contribution in [0, 0.1) is 12.7 Å². The molecule has 10 nitrogen and oxygen atoms in total. The number of rotatable bonds is 6. The fourth-order valence-corrected chi connectivity index (χ4v) is 4.12. The van der Waals surface area contributed by atoms with Gasteiger partial charge in [-0.2, -0.15) is 4.98 Å². The third-order valence-electron chi connectivity index (χ3n) is 4.75. The molecule has 2 aromatic carbocycles. The Morgan fingerprint density at radius 3 is 2.59 bits per heavy atom. The zero-order valence-corrected chi connectivity index (χ0v) is 17.6. The number of carbonyl (C=O) groups excluding carboxylic acids is 1. The van der Waals surface area contributed by atoms with Gasteiger partial charge in [-0.25, -0.2) is 17.9 Å². The minimum Gasteiger partial charge on any atom is -0.364 e. The summed E-state index contributed by atoms with van der Waals surface area (Å²) in [5.74, 6) is -1.11. The van der Waals surface area contributed by atoms with E-state index in [1.807, 2.05) is 0 Å². The summed E-state index contributed by atoms with van der Waals surface area (Å²) in [4.78, 5) is 16.2. The second-order valence-electron chi connectivity index (χ2n) is 7.01. The van der Waals surface area contributed by atoms with Crippen molar-refractivity contribution in [3.05, 3.63) is 71.3 Å². The van der Waals surface area contributed by atoms with Gasteiger partial charge in [0.15, 0.2) is 11.5 Å². The quantitative estimate of drug-likeness (QED) is 0.398. The molecule has 0 saturated carbocycles. The minimum absolute atomic E-state index is 0.0389. The maximum Gasteiger partial charge on any atom is 0.273 e. The number of fused-ring (bicyclic) bond motifs is 1. The number of halogens is 1. The molecule has 0 aliphatic heterocycles. The van der Waals surface area contributed by atoms with Crippen LogP contribution in [0.1, 0.15) is 21.7 Å². The number of hydrogen-bond acceptors (Lipinski definition) is 7. The van der Waals surface area contributed by atoms with Crippen LogP contribution in [-0.4, -0.2) is 34.1 Å². The molecule has 0 bridgehead atoms. The Labute approximate surface area is 182 Å². The zero-order chi connectivity index (χ0) is 23.0. The van der Waals surface area contributed by atoms with Gasteiger partial charge >= 0.3 is 0 Å². The van der Waals surface area contributed by atoms with Crippen LogP contribution in [0.4, 0.5) is 10.2 Å². The maximum absolute atomic E-state index is 13.5. The first-order valence-electron chi connectivity index (χ1n) is 9.32. The average Bonchev–Trinajstić information content (AvgIpc) is 3.06. The lowest BCUT2D eigenvalue weighted by atomic mass is 10.2. The summed E-state index contributed by atoms with van der Waals surface area (Å²) >= 11 is 0. The van der Waals surface area contributed by atoms with E-state index in [1.54, 1.807) is 41.8 Å². The number of benzene rings is 2. The Morgan fingerprint density at radius 1 is 1.16 bits per heavy atom. The summed E-state index contributed by atoms with van der Waals surface area (Å²) in [7, 11) is -3.96. The Morgan fingerprint density at radius 2 is 1.91 bits per heavy atom. The molecule has 0 aliphatic rings. The summed E-state index contributed by atoms with van der Waals surface area (Å²) in [6.07, 6.45) is 0.